The minimum Gasteiger partial charge on any atom is -0.441 e. The molecule has 0 radical (unpaired) electrons. The maximum atomic E-state index is 12.6. The molecule has 2 heterocycles. The number of anilines is 2. The van der Waals surface area contributed by atoms with Gasteiger partial charge in [0, 0.05) is 16.5 Å². The average molecular weight is 483 g/mol. The number of carbonyl (C=O) groups excluding carboxylic acids is 2. The van der Waals surface area contributed by atoms with E-state index in [9.17, 15) is 9.59 Å². The highest BCUT2D eigenvalue weighted by molar-refractivity contribution is 6.31. The molecule has 0 saturated heterocycles. The molecule has 2 amide bonds. The van der Waals surface area contributed by atoms with Gasteiger partial charge in [0.05, 0.1) is 11.9 Å². The molecule has 0 bridgehead atoms. The van der Waals surface area contributed by atoms with Crippen molar-refractivity contribution in [2.45, 2.75) is 52.1 Å². The van der Waals surface area contributed by atoms with Crippen LogP contribution in [0.5, 0.6) is 0 Å². The third-order valence-corrected chi connectivity index (χ3v) is 6.30. The van der Waals surface area contributed by atoms with Crippen LogP contribution in [0.25, 0.3) is 11.5 Å². The Bertz CT molecular complexity index is 1160. The van der Waals surface area contributed by atoms with Crippen molar-refractivity contribution in [2.24, 2.45) is 5.92 Å². The summed E-state index contributed by atoms with van der Waals surface area (Å²) in [7, 11) is 0. The molecular formula is C25H27ClN4O4. The Balaban J connectivity index is 1.42. The van der Waals surface area contributed by atoms with Gasteiger partial charge < -0.3 is 14.6 Å². The summed E-state index contributed by atoms with van der Waals surface area (Å²) in [5, 5.41) is 10.1. The second-order valence-electron chi connectivity index (χ2n) is 8.42. The van der Waals surface area contributed by atoms with Crippen molar-refractivity contribution in [3.05, 3.63) is 58.9 Å². The maximum Gasteiger partial charge on any atom is 0.412 e. The number of aryl methyl sites for hydroxylation is 1. The molecule has 1 atom stereocenters. The first-order valence-electron chi connectivity index (χ1n) is 11.4. The fourth-order valence-corrected chi connectivity index (χ4v) is 4.35. The minimum atomic E-state index is -0.670. The van der Waals surface area contributed by atoms with Crippen LogP contribution in [0.3, 0.4) is 0 Å². The number of carbonyl (C=O) groups is 2. The largest absolute Gasteiger partial charge is 0.441 e. The summed E-state index contributed by atoms with van der Waals surface area (Å²) in [6.45, 7) is 3.45. The van der Waals surface area contributed by atoms with E-state index in [-0.39, 0.29) is 11.8 Å². The first kappa shape index (κ1) is 23.8. The van der Waals surface area contributed by atoms with Crippen molar-refractivity contribution < 1.29 is 18.8 Å². The zero-order chi connectivity index (χ0) is 24.1. The van der Waals surface area contributed by atoms with Crippen molar-refractivity contribution in [3.8, 4) is 11.5 Å². The Morgan fingerprint density at radius 1 is 1.12 bits per heavy atom. The van der Waals surface area contributed by atoms with Crippen molar-refractivity contribution in [2.75, 3.05) is 10.6 Å². The second kappa shape index (κ2) is 10.7. The molecule has 2 aromatic heterocycles. The lowest BCUT2D eigenvalue weighted by Crippen LogP contribution is -2.24. The Morgan fingerprint density at radius 3 is 2.59 bits per heavy atom. The molecule has 1 fully saturated rings. The number of halogens is 1. The molecule has 0 unspecified atom stereocenters. The molecule has 3 aromatic rings. The van der Waals surface area contributed by atoms with E-state index in [1.807, 2.05) is 12.1 Å². The molecule has 1 aromatic carbocycles. The number of ether oxygens (including phenoxy) is 1. The normalized spacial score (nSPS) is 14.9. The summed E-state index contributed by atoms with van der Waals surface area (Å²) >= 11 is 6.19. The van der Waals surface area contributed by atoms with Crippen molar-refractivity contribution >= 4 is 35.0 Å². The molecule has 2 N–H and O–H groups in total. The summed E-state index contributed by atoms with van der Waals surface area (Å²) in [6.07, 6.45) is 5.57. The predicted molar refractivity (Wildman–Crippen MR) is 130 cm³/mol. The fourth-order valence-electron chi connectivity index (χ4n) is 4.06. The Kier molecular flexibility index (Phi) is 7.47. The van der Waals surface area contributed by atoms with Crippen LogP contribution >= 0.6 is 11.6 Å². The van der Waals surface area contributed by atoms with E-state index in [1.165, 1.54) is 6.42 Å². The van der Waals surface area contributed by atoms with Crippen LogP contribution in [-0.4, -0.2) is 22.1 Å². The van der Waals surface area contributed by atoms with Crippen LogP contribution in [0.2, 0.25) is 5.02 Å². The first-order valence-corrected chi connectivity index (χ1v) is 11.8. The molecule has 178 valence electrons. The number of hydrogen-bond donors (Lipinski definition) is 2. The maximum absolute atomic E-state index is 12.6. The van der Waals surface area contributed by atoms with Gasteiger partial charge in [-0.1, -0.05) is 54.2 Å². The molecular weight excluding hydrogens is 456 g/mol. The summed E-state index contributed by atoms with van der Waals surface area (Å²) in [6, 6.07) is 10.6. The van der Waals surface area contributed by atoms with Crippen molar-refractivity contribution in [1.29, 1.82) is 0 Å². The van der Waals surface area contributed by atoms with E-state index in [2.05, 4.69) is 20.8 Å². The number of hydrogen-bond acceptors (Lipinski definition) is 6. The topological polar surface area (TPSA) is 106 Å². The van der Waals surface area contributed by atoms with Crippen LogP contribution in [-0.2, 0) is 9.53 Å². The highest BCUT2D eigenvalue weighted by Crippen LogP contribution is 2.32. The van der Waals surface area contributed by atoms with Crippen LogP contribution in [0.15, 0.2) is 47.1 Å². The Labute approximate surface area is 203 Å². The van der Waals surface area contributed by atoms with Crippen molar-refractivity contribution in [1.82, 2.24) is 10.1 Å². The second-order valence-corrected chi connectivity index (χ2v) is 8.83. The molecule has 1 aliphatic rings. The van der Waals surface area contributed by atoms with E-state index in [0.29, 0.717) is 39.1 Å². The third kappa shape index (κ3) is 5.56. The lowest BCUT2D eigenvalue weighted by atomic mass is 9.88. The van der Waals surface area contributed by atoms with Gasteiger partial charge in [-0.2, -0.15) is 0 Å². The Morgan fingerprint density at radius 2 is 1.88 bits per heavy atom. The quantitative estimate of drug-likeness (QED) is 0.413. The zero-order valence-corrected chi connectivity index (χ0v) is 19.9. The zero-order valence-electron chi connectivity index (χ0n) is 19.1. The lowest BCUT2D eigenvalue weighted by molar-refractivity contribution is -0.120. The summed E-state index contributed by atoms with van der Waals surface area (Å²) in [5.41, 5.74) is 2.62. The molecule has 1 saturated carbocycles. The van der Waals surface area contributed by atoms with Gasteiger partial charge >= 0.3 is 6.09 Å². The number of benzene rings is 1. The average Bonchev–Trinajstić information content (AvgIpc) is 3.20. The molecule has 0 aliphatic heterocycles. The van der Waals surface area contributed by atoms with Gasteiger partial charge in [-0.25, -0.2) is 4.79 Å². The smallest absolute Gasteiger partial charge is 0.412 e. The van der Waals surface area contributed by atoms with Gasteiger partial charge in [0.1, 0.15) is 23.2 Å². The van der Waals surface area contributed by atoms with E-state index in [4.69, 9.17) is 20.9 Å². The van der Waals surface area contributed by atoms with Gasteiger partial charge in [-0.15, -0.1) is 0 Å². The third-order valence-electron chi connectivity index (χ3n) is 5.96. The van der Waals surface area contributed by atoms with Gasteiger partial charge in [0.25, 0.3) is 0 Å². The number of nitrogens with one attached hydrogen (secondary N) is 2. The monoisotopic (exact) mass is 482 g/mol. The predicted octanol–water partition coefficient (Wildman–Crippen LogP) is 6.53. The number of pyridine rings is 1. The highest BCUT2D eigenvalue weighted by atomic mass is 35.5. The molecule has 34 heavy (non-hydrogen) atoms. The standard InChI is InChI=1S/C25H27ClN4O4/c1-15-22(29-25(32)33-16(2)19-10-6-7-11-20(19)26)23(34-30-15)21-13-12-18(14-27-21)28-24(31)17-8-4-3-5-9-17/h6-7,10-14,16-17H,3-5,8-9H2,1-2H3,(H,28,31)(H,29,32)/t16-/m0/s1. The van der Waals surface area contributed by atoms with E-state index in [0.717, 1.165) is 25.7 Å². The van der Waals surface area contributed by atoms with Gasteiger partial charge in [0.15, 0.2) is 0 Å². The van der Waals surface area contributed by atoms with Crippen LogP contribution in [0.4, 0.5) is 16.2 Å². The van der Waals surface area contributed by atoms with Gasteiger partial charge in [-0.3, -0.25) is 15.1 Å². The molecule has 1 aliphatic carbocycles. The van der Waals surface area contributed by atoms with E-state index in [1.54, 1.807) is 44.3 Å². The lowest BCUT2D eigenvalue weighted by Gasteiger charge is -2.20. The summed E-state index contributed by atoms with van der Waals surface area (Å²) in [5.74, 6) is 0.382. The fraction of sp³-hybridized carbons (Fsp3) is 0.360. The minimum absolute atomic E-state index is 0.0301. The van der Waals surface area contributed by atoms with Crippen molar-refractivity contribution in [3.63, 3.8) is 0 Å². The molecule has 0 spiro atoms. The number of aromatic nitrogens is 2. The van der Waals surface area contributed by atoms with Gasteiger partial charge in [-0.05, 0) is 44.9 Å². The van der Waals surface area contributed by atoms with Crippen LogP contribution in [0.1, 0.15) is 56.4 Å². The van der Waals surface area contributed by atoms with E-state index < -0.39 is 12.2 Å². The van der Waals surface area contributed by atoms with Gasteiger partial charge in [0.2, 0.25) is 11.7 Å². The SMILES string of the molecule is Cc1noc(-c2ccc(NC(=O)C3CCCCC3)cn2)c1NC(=O)O[C@@H](C)c1ccccc1Cl. The van der Waals surface area contributed by atoms with Crippen LogP contribution in [0, 0.1) is 12.8 Å². The summed E-state index contributed by atoms with van der Waals surface area (Å²) < 4.78 is 10.9. The Hall–Kier alpha value is -3.39. The molecule has 8 nitrogen and oxygen atoms in total. The first-order chi connectivity index (χ1) is 16.4. The summed E-state index contributed by atoms with van der Waals surface area (Å²) in [4.78, 5) is 29.4. The number of amides is 2. The highest BCUT2D eigenvalue weighted by Gasteiger charge is 2.23. The number of nitrogens with zero attached hydrogens (tertiary/aromatic N) is 2. The molecule has 9 heteroatoms. The van der Waals surface area contributed by atoms with Crippen LogP contribution < -0.4 is 10.6 Å². The van der Waals surface area contributed by atoms with E-state index >= 15 is 0 Å². The molecule has 4 rings (SSSR count). The number of rotatable bonds is 6.